The summed E-state index contributed by atoms with van der Waals surface area (Å²) in [4.78, 5) is 15.7. The largest absolute Gasteiger partial charge is 0.461 e. The lowest BCUT2D eigenvalue weighted by Gasteiger charge is -2.09. The number of aryl methyl sites for hydroxylation is 1. The number of alkyl halides is 3. The molecular formula is C12H10BrF3N2O2. The minimum atomic E-state index is -4.56. The Bertz CT molecular complexity index is 679. The maximum atomic E-state index is 13.0. The van der Waals surface area contributed by atoms with Gasteiger partial charge < -0.3 is 4.74 Å². The number of carbonyl (C=O) groups is 1. The Kier molecular flexibility index (Phi) is 3.77. The van der Waals surface area contributed by atoms with E-state index in [9.17, 15) is 18.0 Å². The highest BCUT2D eigenvalue weighted by molar-refractivity contribution is 9.10. The highest BCUT2D eigenvalue weighted by atomic mass is 79.9. The fourth-order valence-corrected chi connectivity index (χ4v) is 2.31. The summed E-state index contributed by atoms with van der Waals surface area (Å²) in [7, 11) is 0. The molecule has 0 aliphatic carbocycles. The van der Waals surface area contributed by atoms with Crippen LogP contribution in [-0.4, -0.2) is 22.0 Å². The van der Waals surface area contributed by atoms with Crippen LogP contribution in [0, 0.1) is 6.92 Å². The van der Waals surface area contributed by atoms with Gasteiger partial charge in [0.2, 0.25) is 0 Å². The highest BCUT2D eigenvalue weighted by Crippen LogP contribution is 2.34. The molecule has 2 aromatic heterocycles. The molecule has 0 aromatic carbocycles. The van der Waals surface area contributed by atoms with Crippen LogP contribution in [0.2, 0.25) is 0 Å². The fraction of sp³-hybridized carbons (Fsp3) is 0.333. The van der Waals surface area contributed by atoms with E-state index in [4.69, 9.17) is 4.74 Å². The van der Waals surface area contributed by atoms with Gasteiger partial charge in [0, 0.05) is 10.7 Å². The van der Waals surface area contributed by atoms with E-state index in [0.717, 1.165) is 10.5 Å². The maximum absolute atomic E-state index is 13.0. The molecule has 0 N–H and O–H groups in total. The predicted octanol–water partition coefficient (Wildman–Crippen LogP) is 3.60. The van der Waals surface area contributed by atoms with Gasteiger partial charge in [-0.25, -0.2) is 9.78 Å². The standard InChI is InChI=1S/C12H10BrF3N2O2/c1-3-20-11(19)9-6(2)17-10-8(12(14,15)16)4-7(13)5-18(9)10/h4-5H,3H2,1-2H3. The van der Waals surface area contributed by atoms with Gasteiger partial charge in [-0.1, -0.05) is 0 Å². The van der Waals surface area contributed by atoms with Gasteiger partial charge in [-0.2, -0.15) is 13.2 Å². The molecule has 2 aromatic rings. The number of aromatic nitrogens is 2. The van der Waals surface area contributed by atoms with Crippen molar-refractivity contribution in [3.63, 3.8) is 0 Å². The summed E-state index contributed by atoms with van der Waals surface area (Å²) in [5, 5.41) is 0. The molecule has 0 amide bonds. The zero-order valence-electron chi connectivity index (χ0n) is 10.6. The summed E-state index contributed by atoms with van der Waals surface area (Å²) in [6.45, 7) is 3.21. The first-order chi connectivity index (χ1) is 9.25. The first-order valence-electron chi connectivity index (χ1n) is 5.68. The van der Waals surface area contributed by atoms with Crippen LogP contribution in [0.4, 0.5) is 13.2 Å². The number of fused-ring (bicyclic) bond motifs is 1. The van der Waals surface area contributed by atoms with Gasteiger partial charge in [0.05, 0.1) is 17.9 Å². The zero-order chi connectivity index (χ0) is 15.1. The molecule has 0 atom stereocenters. The van der Waals surface area contributed by atoms with Crippen LogP contribution in [0.15, 0.2) is 16.7 Å². The first-order valence-corrected chi connectivity index (χ1v) is 6.47. The second kappa shape index (κ2) is 5.08. The Hall–Kier alpha value is -1.57. The number of hydrogen-bond donors (Lipinski definition) is 0. The summed E-state index contributed by atoms with van der Waals surface area (Å²) >= 11 is 3.01. The molecule has 4 nitrogen and oxygen atoms in total. The molecule has 20 heavy (non-hydrogen) atoms. The third-order valence-electron chi connectivity index (χ3n) is 2.64. The van der Waals surface area contributed by atoms with Gasteiger partial charge in [0.25, 0.3) is 0 Å². The van der Waals surface area contributed by atoms with E-state index in [1.807, 2.05) is 0 Å². The lowest BCUT2D eigenvalue weighted by molar-refractivity contribution is -0.136. The van der Waals surface area contributed by atoms with E-state index in [1.165, 1.54) is 13.1 Å². The van der Waals surface area contributed by atoms with Crippen LogP contribution in [0.1, 0.15) is 28.7 Å². The van der Waals surface area contributed by atoms with Gasteiger partial charge in [0.15, 0.2) is 5.69 Å². The Morgan fingerprint density at radius 1 is 1.50 bits per heavy atom. The lowest BCUT2D eigenvalue weighted by Crippen LogP contribution is -2.12. The van der Waals surface area contributed by atoms with Crippen molar-refractivity contribution >= 4 is 27.5 Å². The maximum Gasteiger partial charge on any atom is 0.420 e. The van der Waals surface area contributed by atoms with Crippen LogP contribution in [-0.2, 0) is 10.9 Å². The molecule has 0 fully saturated rings. The number of pyridine rings is 1. The molecule has 0 aliphatic rings. The molecule has 0 bridgehead atoms. The van der Waals surface area contributed by atoms with Crippen LogP contribution in [0.5, 0.6) is 0 Å². The Labute approximate surface area is 120 Å². The minimum Gasteiger partial charge on any atom is -0.461 e. The van der Waals surface area contributed by atoms with E-state index in [0.29, 0.717) is 0 Å². The lowest BCUT2D eigenvalue weighted by atomic mass is 10.2. The van der Waals surface area contributed by atoms with E-state index in [2.05, 4.69) is 20.9 Å². The quantitative estimate of drug-likeness (QED) is 0.777. The average molecular weight is 351 g/mol. The molecule has 0 spiro atoms. The average Bonchev–Trinajstić information content (AvgIpc) is 2.63. The molecule has 0 aliphatic heterocycles. The number of imidazole rings is 1. The van der Waals surface area contributed by atoms with Crippen LogP contribution in [0.3, 0.4) is 0 Å². The normalized spacial score (nSPS) is 11.9. The SMILES string of the molecule is CCOC(=O)c1c(C)nc2c(C(F)(F)F)cc(Br)cn12. The predicted molar refractivity (Wildman–Crippen MR) is 68.6 cm³/mol. The molecule has 8 heteroatoms. The van der Waals surface area contributed by atoms with Crippen LogP contribution < -0.4 is 0 Å². The minimum absolute atomic E-state index is 0.00588. The van der Waals surface area contributed by atoms with Crippen molar-refractivity contribution in [1.29, 1.82) is 0 Å². The van der Waals surface area contributed by atoms with Gasteiger partial charge >= 0.3 is 12.1 Å². The van der Waals surface area contributed by atoms with Crippen molar-refractivity contribution in [3.05, 3.63) is 33.7 Å². The second-order valence-corrected chi connectivity index (χ2v) is 4.95. The van der Waals surface area contributed by atoms with Crippen LogP contribution >= 0.6 is 15.9 Å². The molecule has 2 heterocycles. The van der Waals surface area contributed by atoms with Gasteiger partial charge in [0.1, 0.15) is 5.65 Å². The summed E-state index contributed by atoms with van der Waals surface area (Å²) in [5.41, 5.74) is -1.05. The number of carbonyl (C=O) groups excluding carboxylic acids is 1. The molecule has 0 unspecified atom stereocenters. The van der Waals surface area contributed by atoms with E-state index in [1.54, 1.807) is 6.92 Å². The smallest absolute Gasteiger partial charge is 0.420 e. The number of rotatable bonds is 2. The fourth-order valence-electron chi connectivity index (χ4n) is 1.88. The van der Waals surface area contributed by atoms with Crippen molar-refractivity contribution in [2.75, 3.05) is 6.61 Å². The number of esters is 1. The monoisotopic (exact) mass is 350 g/mol. The molecule has 0 radical (unpaired) electrons. The summed E-state index contributed by atoms with van der Waals surface area (Å²) < 4.78 is 45.1. The Morgan fingerprint density at radius 2 is 2.15 bits per heavy atom. The Balaban J connectivity index is 2.77. The van der Waals surface area contributed by atoms with E-state index in [-0.39, 0.29) is 28.1 Å². The van der Waals surface area contributed by atoms with E-state index < -0.39 is 17.7 Å². The molecule has 0 saturated heterocycles. The summed E-state index contributed by atoms with van der Waals surface area (Å²) in [5.74, 6) is -0.705. The summed E-state index contributed by atoms with van der Waals surface area (Å²) in [6, 6.07) is 0.927. The number of ether oxygens (including phenoxy) is 1. The highest BCUT2D eigenvalue weighted by Gasteiger charge is 2.35. The number of hydrogen-bond acceptors (Lipinski definition) is 3. The third-order valence-corrected chi connectivity index (χ3v) is 3.07. The molecule has 108 valence electrons. The second-order valence-electron chi connectivity index (χ2n) is 4.03. The van der Waals surface area contributed by atoms with Crippen molar-refractivity contribution in [2.24, 2.45) is 0 Å². The first kappa shape index (κ1) is 14.8. The topological polar surface area (TPSA) is 43.6 Å². The molecule has 2 rings (SSSR count). The Morgan fingerprint density at radius 3 is 2.70 bits per heavy atom. The van der Waals surface area contributed by atoms with Crippen molar-refractivity contribution in [2.45, 2.75) is 20.0 Å². The van der Waals surface area contributed by atoms with Gasteiger partial charge in [-0.3, -0.25) is 4.40 Å². The number of halogens is 4. The van der Waals surface area contributed by atoms with Crippen molar-refractivity contribution in [3.8, 4) is 0 Å². The third kappa shape index (κ3) is 2.52. The van der Waals surface area contributed by atoms with E-state index >= 15 is 0 Å². The molecular weight excluding hydrogens is 341 g/mol. The van der Waals surface area contributed by atoms with Gasteiger partial charge in [-0.05, 0) is 35.8 Å². The van der Waals surface area contributed by atoms with Crippen molar-refractivity contribution < 1.29 is 22.7 Å². The van der Waals surface area contributed by atoms with Crippen molar-refractivity contribution in [1.82, 2.24) is 9.38 Å². The summed E-state index contributed by atoms with van der Waals surface area (Å²) in [6.07, 6.45) is -3.20. The van der Waals surface area contributed by atoms with Crippen LogP contribution in [0.25, 0.3) is 5.65 Å². The van der Waals surface area contributed by atoms with Gasteiger partial charge in [-0.15, -0.1) is 0 Å². The zero-order valence-corrected chi connectivity index (χ0v) is 12.2. The molecule has 0 saturated carbocycles. The number of nitrogens with zero attached hydrogens (tertiary/aromatic N) is 2.